The number of aromatic nitrogens is 2. The first kappa shape index (κ1) is 16.2. The summed E-state index contributed by atoms with van der Waals surface area (Å²) in [7, 11) is 0. The largest absolute Gasteiger partial charge is 0.262 e. The lowest BCUT2D eigenvalue weighted by atomic mass is 10.1. The van der Waals surface area contributed by atoms with Crippen LogP contribution < -0.4 is 0 Å². The highest BCUT2D eigenvalue weighted by Crippen LogP contribution is 2.17. The molecular formula is C12H13Cl3N2. The van der Waals surface area contributed by atoms with Crippen LogP contribution in [0.25, 0.3) is 11.3 Å². The minimum Gasteiger partial charge on any atom is -0.262 e. The van der Waals surface area contributed by atoms with Gasteiger partial charge in [-0.05, 0) is 30.7 Å². The molecule has 0 bridgehead atoms. The molecule has 0 unspecified atom stereocenters. The average molecular weight is 292 g/mol. The molecular weight excluding hydrogens is 279 g/mol. The molecule has 0 amide bonds. The van der Waals surface area contributed by atoms with Crippen LogP contribution in [0.1, 0.15) is 11.3 Å². The van der Waals surface area contributed by atoms with E-state index in [1.807, 2.05) is 31.2 Å². The highest BCUT2D eigenvalue weighted by atomic mass is 35.5. The second kappa shape index (κ2) is 7.49. The van der Waals surface area contributed by atoms with Gasteiger partial charge >= 0.3 is 0 Å². The number of pyridine rings is 2. The maximum absolute atomic E-state index is 5.70. The van der Waals surface area contributed by atoms with Crippen molar-refractivity contribution in [2.24, 2.45) is 0 Å². The van der Waals surface area contributed by atoms with Gasteiger partial charge in [0.2, 0.25) is 0 Å². The van der Waals surface area contributed by atoms with E-state index in [4.69, 9.17) is 11.6 Å². The third kappa shape index (κ3) is 4.15. The standard InChI is InChI=1S/C12H11ClN2.2ClH/c1-9-6-11(4-5-14-9)12-3-2-10(7-13)8-15-12;;/h2-6,8H,7H2,1H3;2*1H. The van der Waals surface area contributed by atoms with Crippen LogP contribution in [0.15, 0.2) is 36.7 Å². The van der Waals surface area contributed by atoms with Gasteiger partial charge in [0.1, 0.15) is 0 Å². The van der Waals surface area contributed by atoms with Gasteiger partial charge in [-0.1, -0.05) is 6.07 Å². The van der Waals surface area contributed by atoms with Crippen molar-refractivity contribution in [3.05, 3.63) is 47.9 Å². The number of aryl methyl sites for hydroxylation is 1. The Labute approximate surface area is 118 Å². The fourth-order valence-corrected chi connectivity index (χ4v) is 1.54. The zero-order valence-corrected chi connectivity index (χ0v) is 11.6. The quantitative estimate of drug-likeness (QED) is 0.781. The lowest BCUT2D eigenvalue weighted by Gasteiger charge is -2.02. The zero-order valence-electron chi connectivity index (χ0n) is 9.26. The Bertz CT molecular complexity index is 458. The SMILES string of the molecule is Cc1cc(-c2ccc(CCl)cn2)ccn1.Cl.Cl. The summed E-state index contributed by atoms with van der Waals surface area (Å²) < 4.78 is 0. The molecule has 0 radical (unpaired) electrons. The van der Waals surface area contributed by atoms with Crippen LogP contribution in [-0.2, 0) is 5.88 Å². The summed E-state index contributed by atoms with van der Waals surface area (Å²) in [5.74, 6) is 0.503. The molecule has 2 nitrogen and oxygen atoms in total. The van der Waals surface area contributed by atoms with E-state index in [0.717, 1.165) is 22.5 Å². The van der Waals surface area contributed by atoms with Gasteiger partial charge in [-0.15, -0.1) is 36.4 Å². The van der Waals surface area contributed by atoms with Crippen molar-refractivity contribution in [2.75, 3.05) is 0 Å². The number of nitrogens with zero attached hydrogens (tertiary/aromatic N) is 2. The summed E-state index contributed by atoms with van der Waals surface area (Å²) in [6.07, 6.45) is 3.60. The molecule has 2 aromatic heterocycles. The van der Waals surface area contributed by atoms with Crippen molar-refractivity contribution in [2.45, 2.75) is 12.8 Å². The van der Waals surface area contributed by atoms with E-state index in [1.54, 1.807) is 12.4 Å². The van der Waals surface area contributed by atoms with E-state index in [2.05, 4.69) is 9.97 Å². The minimum atomic E-state index is 0. The molecule has 0 atom stereocenters. The average Bonchev–Trinajstić information content (AvgIpc) is 2.29. The van der Waals surface area contributed by atoms with E-state index < -0.39 is 0 Å². The molecule has 0 saturated heterocycles. The van der Waals surface area contributed by atoms with Gasteiger partial charge in [-0.2, -0.15) is 0 Å². The molecule has 0 aliphatic rings. The molecule has 0 aromatic carbocycles. The number of halogens is 3. The van der Waals surface area contributed by atoms with Crippen LogP contribution in [0.3, 0.4) is 0 Å². The zero-order chi connectivity index (χ0) is 10.7. The van der Waals surface area contributed by atoms with Gasteiger partial charge in [0, 0.05) is 29.5 Å². The summed E-state index contributed by atoms with van der Waals surface area (Å²) in [5, 5.41) is 0. The van der Waals surface area contributed by atoms with E-state index in [1.165, 1.54) is 0 Å². The van der Waals surface area contributed by atoms with Crippen LogP contribution in [0.2, 0.25) is 0 Å². The van der Waals surface area contributed by atoms with Gasteiger partial charge in [0.25, 0.3) is 0 Å². The molecule has 2 aromatic rings. The molecule has 0 saturated carbocycles. The van der Waals surface area contributed by atoms with Crippen LogP contribution in [0, 0.1) is 6.92 Å². The summed E-state index contributed by atoms with van der Waals surface area (Å²) in [6.45, 7) is 1.97. The molecule has 0 aliphatic carbocycles. The predicted octanol–water partition coefficient (Wildman–Crippen LogP) is 4.03. The monoisotopic (exact) mass is 290 g/mol. The van der Waals surface area contributed by atoms with Crippen molar-refractivity contribution in [3.63, 3.8) is 0 Å². The predicted molar refractivity (Wildman–Crippen MR) is 76.3 cm³/mol. The van der Waals surface area contributed by atoms with Crippen molar-refractivity contribution < 1.29 is 0 Å². The molecule has 0 aliphatic heterocycles. The maximum atomic E-state index is 5.70. The Hall–Kier alpha value is -0.830. The van der Waals surface area contributed by atoms with E-state index in [-0.39, 0.29) is 24.8 Å². The first-order chi connectivity index (χ1) is 7.29. The smallest absolute Gasteiger partial charge is 0.0703 e. The van der Waals surface area contributed by atoms with Crippen LogP contribution >= 0.6 is 36.4 Å². The highest BCUT2D eigenvalue weighted by Gasteiger charge is 1.99. The van der Waals surface area contributed by atoms with Crippen molar-refractivity contribution >= 4 is 36.4 Å². The lowest BCUT2D eigenvalue weighted by Crippen LogP contribution is -1.87. The fourth-order valence-electron chi connectivity index (χ4n) is 1.38. The first-order valence-corrected chi connectivity index (χ1v) is 5.27. The first-order valence-electron chi connectivity index (χ1n) is 4.73. The normalized spacial score (nSPS) is 9.06. The number of hydrogen-bond donors (Lipinski definition) is 0. The molecule has 2 heterocycles. The Balaban J connectivity index is 0.00000128. The molecule has 0 spiro atoms. The van der Waals surface area contributed by atoms with Gasteiger partial charge in [0.15, 0.2) is 0 Å². The number of hydrogen-bond acceptors (Lipinski definition) is 2. The second-order valence-corrected chi connectivity index (χ2v) is 3.64. The highest BCUT2D eigenvalue weighted by molar-refractivity contribution is 6.17. The van der Waals surface area contributed by atoms with E-state index in [0.29, 0.717) is 5.88 Å². The van der Waals surface area contributed by atoms with E-state index in [9.17, 15) is 0 Å². The van der Waals surface area contributed by atoms with Crippen molar-refractivity contribution in [1.82, 2.24) is 9.97 Å². The van der Waals surface area contributed by atoms with E-state index >= 15 is 0 Å². The van der Waals surface area contributed by atoms with Crippen LogP contribution in [-0.4, -0.2) is 9.97 Å². The Morgan fingerprint density at radius 1 is 1.12 bits per heavy atom. The van der Waals surface area contributed by atoms with Gasteiger partial charge in [-0.25, -0.2) is 0 Å². The molecule has 17 heavy (non-hydrogen) atoms. The number of alkyl halides is 1. The number of rotatable bonds is 2. The maximum Gasteiger partial charge on any atom is 0.0703 e. The van der Waals surface area contributed by atoms with Crippen LogP contribution in [0.5, 0.6) is 0 Å². The second-order valence-electron chi connectivity index (χ2n) is 3.37. The van der Waals surface area contributed by atoms with Crippen molar-refractivity contribution in [3.8, 4) is 11.3 Å². The third-order valence-corrected chi connectivity index (χ3v) is 2.48. The molecule has 2 rings (SSSR count). The topological polar surface area (TPSA) is 25.8 Å². The summed E-state index contributed by atoms with van der Waals surface area (Å²) in [5.41, 5.74) is 4.07. The fraction of sp³-hybridized carbons (Fsp3) is 0.167. The van der Waals surface area contributed by atoms with Gasteiger partial charge in [0.05, 0.1) is 5.69 Å². The molecule has 92 valence electrons. The lowest BCUT2D eigenvalue weighted by molar-refractivity contribution is 1.19. The summed E-state index contributed by atoms with van der Waals surface area (Å²) >= 11 is 5.70. The van der Waals surface area contributed by atoms with Gasteiger partial charge in [-0.3, -0.25) is 9.97 Å². The van der Waals surface area contributed by atoms with Crippen molar-refractivity contribution in [1.29, 1.82) is 0 Å². The van der Waals surface area contributed by atoms with Gasteiger partial charge < -0.3 is 0 Å². The van der Waals surface area contributed by atoms with Crippen LogP contribution in [0.4, 0.5) is 0 Å². The molecule has 0 fully saturated rings. The Morgan fingerprint density at radius 3 is 2.41 bits per heavy atom. The third-order valence-electron chi connectivity index (χ3n) is 2.17. The minimum absolute atomic E-state index is 0. The summed E-state index contributed by atoms with van der Waals surface area (Å²) in [4.78, 5) is 8.50. The summed E-state index contributed by atoms with van der Waals surface area (Å²) in [6, 6.07) is 7.94. The Morgan fingerprint density at radius 2 is 1.88 bits per heavy atom. The molecule has 5 heteroatoms. The molecule has 0 N–H and O–H groups in total. The Kier molecular flexibility index (Phi) is 7.12.